The molecule has 0 rings (SSSR count). The lowest BCUT2D eigenvalue weighted by Crippen LogP contribution is -2.15. The molecule has 3 heteroatoms. The van der Waals surface area contributed by atoms with Crippen molar-refractivity contribution >= 4 is 0 Å². The van der Waals surface area contributed by atoms with Gasteiger partial charge in [0.2, 0.25) is 0 Å². The minimum Gasteiger partial charge on any atom is -0.499 e. The molecule has 3 nitrogen and oxygen atoms in total. The monoisotopic (exact) mass is 160 g/mol. The summed E-state index contributed by atoms with van der Waals surface area (Å²) in [7, 11) is 1.66. The number of hydrogen-bond acceptors (Lipinski definition) is 3. The molecule has 0 aliphatic carbocycles. The Morgan fingerprint density at radius 1 is 1.55 bits per heavy atom. The molecule has 1 atom stereocenters. The number of ether oxygens (including phenoxy) is 2. The number of aliphatic hydroxyl groups is 1. The third-order valence-corrected chi connectivity index (χ3v) is 1.37. The second-order valence-corrected chi connectivity index (χ2v) is 2.15. The van der Waals surface area contributed by atoms with Crippen LogP contribution in [0, 0.1) is 0 Å². The molecule has 0 aliphatic rings. The molecular formula is C8H16O3. The van der Waals surface area contributed by atoms with Gasteiger partial charge < -0.3 is 14.6 Å². The van der Waals surface area contributed by atoms with Crippen LogP contribution in [0.15, 0.2) is 12.3 Å². The van der Waals surface area contributed by atoms with Crippen molar-refractivity contribution in [2.75, 3.05) is 20.3 Å². The van der Waals surface area contributed by atoms with Crippen LogP contribution in [0.4, 0.5) is 0 Å². The highest BCUT2D eigenvalue weighted by Gasteiger charge is 2.01. The van der Waals surface area contributed by atoms with Crippen LogP contribution in [0.1, 0.15) is 13.3 Å². The lowest BCUT2D eigenvalue weighted by Gasteiger charge is -2.11. The van der Waals surface area contributed by atoms with Gasteiger partial charge in [0.1, 0.15) is 6.61 Å². The minimum absolute atomic E-state index is 0.0176. The summed E-state index contributed by atoms with van der Waals surface area (Å²) < 4.78 is 10.1. The van der Waals surface area contributed by atoms with Gasteiger partial charge in [-0.05, 0) is 12.5 Å². The first kappa shape index (κ1) is 10.5. The lowest BCUT2D eigenvalue weighted by atomic mass is 10.3. The number of hydrogen-bond donors (Lipinski definition) is 1. The van der Waals surface area contributed by atoms with E-state index in [2.05, 4.69) is 0 Å². The number of rotatable bonds is 6. The minimum atomic E-state index is 0.0176. The van der Waals surface area contributed by atoms with Crippen molar-refractivity contribution in [1.29, 1.82) is 0 Å². The van der Waals surface area contributed by atoms with E-state index in [0.29, 0.717) is 6.61 Å². The quantitative estimate of drug-likeness (QED) is 0.587. The first-order chi connectivity index (χ1) is 5.35. The zero-order valence-corrected chi connectivity index (χ0v) is 7.12. The van der Waals surface area contributed by atoms with Crippen molar-refractivity contribution in [3.8, 4) is 0 Å². The van der Waals surface area contributed by atoms with Crippen LogP contribution in [0.5, 0.6) is 0 Å². The first-order valence-electron chi connectivity index (χ1n) is 3.75. The molecule has 1 unspecified atom stereocenters. The van der Waals surface area contributed by atoms with Gasteiger partial charge >= 0.3 is 0 Å². The Labute approximate surface area is 67.6 Å². The van der Waals surface area contributed by atoms with E-state index >= 15 is 0 Å². The van der Waals surface area contributed by atoms with Crippen LogP contribution in [-0.4, -0.2) is 31.5 Å². The predicted octanol–water partition coefficient (Wildman–Crippen LogP) is 0.934. The van der Waals surface area contributed by atoms with Gasteiger partial charge in [0.15, 0.2) is 0 Å². The summed E-state index contributed by atoms with van der Waals surface area (Å²) in [4.78, 5) is 0. The smallest absolute Gasteiger partial charge is 0.113 e. The maximum absolute atomic E-state index is 8.35. The molecule has 0 amide bonds. The van der Waals surface area contributed by atoms with Crippen molar-refractivity contribution in [2.45, 2.75) is 19.4 Å². The lowest BCUT2D eigenvalue weighted by molar-refractivity contribution is 0.0395. The Bertz CT molecular complexity index is 97.5. The fourth-order valence-electron chi connectivity index (χ4n) is 0.627. The van der Waals surface area contributed by atoms with E-state index in [0.717, 1.165) is 6.42 Å². The molecule has 66 valence electrons. The van der Waals surface area contributed by atoms with Gasteiger partial charge in [0, 0.05) is 7.11 Å². The van der Waals surface area contributed by atoms with Crippen molar-refractivity contribution in [3.63, 3.8) is 0 Å². The van der Waals surface area contributed by atoms with Gasteiger partial charge in [0.05, 0.1) is 19.0 Å². The zero-order valence-electron chi connectivity index (χ0n) is 7.12. The maximum Gasteiger partial charge on any atom is 0.113 e. The summed E-state index contributed by atoms with van der Waals surface area (Å²) in [6.45, 7) is 2.60. The van der Waals surface area contributed by atoms with E-state index in [-0.39, 0.29) is 12.7 Å². The van der Waals surface area contributed by atoms with Gasteiger partial charge in [-0.3, -0.25) is 0 Å². The van der Waals surface area contributed by atoms with Gasteiger partial charge in [-0.15, -0.1) is 0 Å². The van der Waals surface area contributed by atoms with Crippen LogP contribution in [-0.2, 0) is 9.47 Å². The second-order valence-electron chi connectivity index (χ2n) is 2.15. The van der Waals surface area contributed by atoms with Crippen molar-refractivity contribution in [1.82, 2.24) is 0 Å². The van der Waals surface area contributed by atoms with Gasteiger partial charge in [0.25, 0.3) is 0 Å². The fourth-order valence-corrected chi connectivity index (χ4v) is 0.627. The topological polar surface area (TPSA) is 38.7 Å². The molecule has 0 spiro atoms. The SMILES string of the molecule is CCC(COC=CCO)OC. The molecule has 1 N–H and O–H groups in total. The molecule has 0 aromatic heterocycles. The van der Waals surface area contributed by atoms with Crippen LogP contribution < -0.4 is 0 Å². The largest absolute Gasteiger partial charge is 0.499 e. The van der Waals surface area contributed by atoms with Gasteiger partial charge in [-0.1, -0.05) is 6.92 Å². The van der Waals surface area contributed by atoms with Gasteiger partial charge in [-0.2, -0.15) is 0 Å². The summed E-state index contributed by atoms with van der Waals surface area (Å²) in [6.07, 6.45) is 4.12. The van der Waals surface area contributed by atoms with Crippen molar-refractivity contribution in [2.24, 2.45) is 0 Å². The fraction of sp³-hybridized carbons (Fsp3) is 0.750. The maximum atomic E-state index is 8.35. The average Bonchev–Trinajstić information content (AvgIpc) is 2.05. The van der Waals surface area contributed by atoms with Crippen LogP contribution in [0.2, 0.25) is 0 Å². The van der Waals surface area contributed by atoms with E-state index < -0.39 is 0 Å². The molecule has 0 saturated heterocycles. The highest BCUT2D eigenvalue weighted by molar-refractivity contribution is 4.71. The molecule has 0 bridgehead atoms. The molecule has 0 heterocycles. The molecule has 0 fully saturated rings. The van der Waals surface area contributed by atoms with Crippen LogP contribution >= 0.6 is 0 Å². The highest BCUT2D eigenvalue weighted by Crippen LogP contribution is 1.96. The van der Waals surface area contributed by atoms with Crippen molar-refractivity contribution in [3.05, 3.63) is 12.3 Å². The van der Waals surface area contributed by atoms with Crippen LogP contribution in [0.25, 0.3) is 0 Å². The number of aliphatic hydroxyl groups excluding tert-OH is 1. The Morgan fingerprint density at radius 2 is 2.27 bits per heavy atom. The zero-order chi connectivity index (χ0) is 8.53. The Morgan fingerprint density at radius 3 is 2.73 bits per heavy atom. The predicted molar refractivity (Wildman–Crippen MR) is 43.3 cm³/mol. The standard InChI is InChI=1S/C8H16O3/c1-3-8(10-2)7-11-6-4-5-9/h4,6,8-9H,3,5,7H2,1-2H3. The molecule has 0 saturated carbocycles. The molecule has 0 aromatic rings. The molecule has 0 aromatic carbocycles. The molecule has 11 heavy (non-hydrogen) atoms. The Hall–Kier alpha value is -0.540. The second kappa shape index (κ2) is 7.57. The van der Waals surface area contributed by atoms with E-state index in [1.54, 1.807) is 13.2 Å². The van der Waals surface area contributed by atoms with E-state index in [1.165, 1.54) is 6.26 Å². The molecular weight excluding hydrogens is 144 g/mol. The summed E-state index contributed by atoms with van der Waals surface area (Å²) in [5.41, 5.74) is 0. The summed E-state index contributed by atoms with van der Waals surface area (Å²) in [5, 5.41) is 8.35. The third kappa shape index (κ3) is 5.88. The third-order valence-electron chi connectivity index (χ3n) is 1.37. The normalized spacial score (nSPS) is 13.7. The van der Waals surface area contributed by atoms with E-state index in [4.69, 9.17) is 14.6 Å². The van der Waals surface area contributed by atoms with Crippen LogP contribution in [0.3, 0.4) is 0 Å². The average molecular weight is 160 g/mol. The molecule has 0 aliphatic heterocycles. The Kier molecular flexibility index (Phi) is 7.19. The molecule has 0 radical (unpaired) electrons. The van der Waals surface area contributed by atoms with Crippen molar-refractivity contribution < 1.29 is 14.6 Å². The summed E-state index contributed by atoms with van der Waals surface area (Å²) in [6, 6.07) is 0. The Balaban J connectivity index is 3.27. The van der Waals surface area contributed by atoms with Gasteiger partial charge in [-0.25, -0.2) is 0 Å². The summed E-state index contributed by atoms with van der Waals surface area (Å²) in [5.74, 6) is 0. The number of methoxy groups -OCH3 is 1. The highest BCUT2D eigenvalue weighted by atomic mass is 16.5. The first-order valence-corrected chi connectivity index (χ1v) is 3.75. The summed E-state index contributed by atoms with van der Waals surface area (Å²) >= 11 is 0. The van der Waals surface area contributed by atoms with E-state index in [1.807, 2.05) is 6.92 Å². The van der Waals surface area contributed by atoms with E-state index in [9.17, 15) is 0 Å².